The predicted molar refractivity (Wildman–Crippen MR) is 80.4 cm³/mol. The van der Waals surface area contributed by atoms with Gasteiger partial charge >= 0.3 is 0 Å². The average Bonchev–Trinajstić information content (AvgIpc) is 2.89. The standard InChI is InChI=1S/C16H23FN2O3/c1-21-16-3-2-12(8-13(16)17)9-18-10-14(15(20)11-18)19-4-6-22-7-5-19/h2-3,8,14-15,20H,4-7,9-11H2,1H3/t14-,15-/m0/s1. The number of halogens is 1. The molecule has 0 aromatic heterocycles. The average molecular weight is 310 g/mol. The smallest absolute Gasteiger partial charge is 0.165 e. The number of ether oxygens (including phenoxy) is 2. The Hall–Kier alpha value is -1.21. The number of hydrogen-bond donors (Lipinski definition) is 1. The van der Waals surface area contributed by atoms with E-state index in [0.717, 1.165) is 38.4 Å². The molecule has 0 amide bonds. The molecule has 122 valence electrons. The maximum absolute atomic E-state index is 13.8. The van der Waals surface area contributed by atoms with Gasteiger partial charge in [0.05, 0.1) is 26.4 Å². The molecule has 2 saturated heterocycles. The van der Waals surface area contributed by atoms with E-state index < -0.39 is 0 Å². The van der Waals surface area contributed by atoms with Crippen LogP contribution < -0.4 is 4.74 Å². The van der Waals surface area contributed by atoms with Gasteiger partial charge in [0.25, 0.3) is 0 Å². The van der Waals surface area contributed by atoms with Gasteiger partial charge in [-0.1, -0.05) is 6.07 Å². The van der Waals surface area contributed by atoms with Gasteiger partial charge in [-0.25, -0.2) is 4.39 Å². The normalized spacial score (nSPS) is 27.2. The molecule has 0 bridgehead atoms. The van der Waals surface area contributed by atoms with Crippen molar-refractivity contribution in [1.29, 1.82) is 0 Å². The van der Waals surface area contributed by atoms with Gasteiger partial charge in [0.1, 0.15) is 0 Å². The Morgan fingerprint density at radius 1 is 1.32 bits per heavy atom. The summed E-state index contributed by atoms with van der Waals surface area (Å²) < 4.78 is 24.1. The van der Waals surface area contributed by atoms with E-state index in [4.69, 9.17) is 9.47 Å². The molecule has 3 rings (SSSR count). The van der Waals surface area contributed by atoms with Crippen LogP contribution in [0.1, 0.15) is 5.56 Å². The van der Waals surface area contributed by atoms with E-state index in [1.807, 2.05) is 6.07 Å². The second kappa shape index (κ2) is 6.91. The second-order valence-electron chi connectivity index (χ2n) is 5.95. The van der Waals surface area contributed by atoms with Gasteiger partial charge in [-0.15, -0.1) is 0 Å². The zero-order valence-corrected chi connectivity index (χ0v) is 12.9. The minimum atomic E-state index is -0.360. The summed E-state index contributed by atoms with van der Waals surface area (Å²) in [6.45, 7) is 5.25. The van der Waals surface area contributed by atoms with Crippen molar-refractivity contribution in [3.05, 3.63) is 29.6 Å². The van der Waals surface area contributed by atoms with Gasteiger partial charge in [-0.2, -0.15) is 0 Å². The first kappa shape index (κ1) is 15.7. The lowest BCUT2D eigenvalue weighted by atomic mass is 10.1. The molecule has 0 spiro atoms. The molecule has 0 aliphatic carbocycles. The molecule has 22 heavy (non-hydrogen) atoms. The number of methoxy groups -OCH3 is 1. The summed E-state index contributed by atoms with van der Waals surface area (Å²) in [7, 11) is 1.46. The van der Waals surface area contributed by atoms with Gasteiger partial charge < -0.3 is 14.6 Å². The van der Waals surface area contributed by atoms with Crippen LogP contribution in [-0.4, -0.2) is 73.6 Å². The third-order valence-electron chi connectivity index (χ3n) is 4.47. The number of likely N-dealkylation sites (tertiary alicyclic amines) is 1. The van der Waals surface area contributed by atoms with E-state index in [2.05, 4.69) is 9.80 Å². The summed E-state index contributed by atoms with van der Waals surface area (Å²) >= 11 is 0. The quantitative estimate of drug-likeness (QED) is 0.887. The monoisotopic (exact) mass is 310 g/mol. The number of nitrogens with zero attached hydrogens (tertiary/aromatic N) is 2. The summed E-state index contributed by atoms with van der Waals surface area (Å²) in [5, 5.41) is 10.3. The minimum Gasteiger partial charge on any atom is -0.494 e. The zero-order valence-electron chi connectivity index (χ0n) is 12.9. The largest absolute Gasteiger partial charge is 0.494 e. The highest BCUT2D eigenvalue weighted by Crippen LogP contribution is 2.22. The lowest BCUT2D eigenvalue weighted by molar-refractivity contribution is -0.00618. The number of β-amino-alcohol motifs (C(OH)–C–C–N with tert-alkyl or cyclic N) is 1. The molecule has 2 aliphatic rings. The predicted octanol–water partition coefficient (Wildman–Crippen LogP) is 0.712. The summed E-state index contributed by atoms with van der Waals surface area (Å²) in [5.41, 5.74) is 0.896. The van der Waals surface area contributed by atoms with Crippen LogP contribution in [0.2, 0.25) is 0 Å². The summed E-state index contributed by atoms with van der Waals surface area (Å²) in [6.07, 6.45) is -0.360. The molecule has 1 N–H and O–H groups in total. The van der Waals surface area contributed by atoms with Gasteiger partial charge in [0.2, 0.25) is 0 Å². The molecule has 1 aromatic rings. The molecular weight excluding hydrogens is 287 g/mol. The Morgan fingerprint density at radius 2 is 2.09 bits per heavy atom. The van der Waals surface area contributed by atoms with Crippen molar-refractivity contribution < 1.29 is 19.0 Å². The second-order valence-corrected chi connectivity index (χ2v) is 5.95. The molecule has 6 heteroatoms. The van der Waals surface area contributed by atoms with Crippen molar-refractivity contribution in [2.24, 2.45) is 0 Å². The third kappa shape index (κ3) is 3.41. The van der Waals surface area contributed by atoms with Gasteiger partial charge in [0, 0.05) is 38.8 Å². The van der Waals surface area contributed by atoms with E-state index in [1.54, 1.807) is 6.07 Å². The molecule has 2 heterocycles. The van der Waals surface area contributed by atoms with E-state index in [-0.39, 0.29) is 23.7 Å². The first-order chi connectivity index (χ1) is 10.7. The summed E-state index contributed by atoms with van der Waals surface area (Å²) in [4.78, 5) is 4.47. The van der Waals surface area contributed by atoms with Gasteiger partial charge in [-0.3, -0.25) is 9.80 Å². The molecule has 0 unspecified atom stereocenters. The Kier molecular flexibility index (Phi) is 4.93. The van der Waals surface area contributed by atoms with E-state index in [1.165, 1.54) is 13.2 Å². The van der Waals surface area contributed by atoms with Crippen LogP contribution in [0.4, 0.5) is 4.39 Å². The third-order valence-corrected chi connectivity index (χ3v) is 4.47. The van der Waals surface area contributed by atoms with Crippen LogP contribution in [0.25, 0.3) is 0 Å². The van der Waals surface area contributed by atoms with Crippen molar-refractivity contribution in [3.63, 3.8) is 0 Å². The lowest BCUT2D eigenvalue weighted by Gasteiger charge is -2.33. The molecular formula is C16H23FN2O3. The van der Waals surface area contributed by atoms with Crippen molar-refractivity contribution in [1.82, 2.24) is 9.80 Å². The van der Waals surface area contributed by atoms with Crippen LogP contribution in [-0.2, 0) is 11.3 Å². The fourth-order valence-electron chi connectivity index (χ4n) is 3.31. The summed E-state index contributed by atoms with van der Waals surface area (Å²) in [5.74, 6) is -0.0825. The lowest BCUT2D eigenvalue weighted by Crippen LogP contribution is -2.48. The van der Waals surface area contributed by atoms with Gasteiger partial charge in [0.15, 0.2) is 11.6 Å². The number of morpholine rings is 1. The first-order valence-electron chi connectivity index (χ1n) is 7.72. The fraction of sp³-hybridized carbons (Fsp3) is 0.625. The van der Waals surface area contributed by atoms with E-state index >= 15 is 0 Å². The van der Waals surface area contributed by atoms with Gasteiger partial charge in [-0.05, 0) is 17.7 Å². The summed E-state index contributed by atoms with van der Waals surface area (Å²) in [6, 6.07) is 5.17. The number of hydrogen-bond acceptors (Lipinski definition) is 5. The fourth-order valence-corrected chi connectivity index (χ4v) is 3.31. The molecule has 0 radical (unpaired) electrons. The Labute approximate surface area is 130 Å². The van der Waals surface area contributed by atoms with E-state index in [0.29, 0.717) is 13.1 Å². The molecule has 2 fully saturated rings. The maximum Gasteiger partial charge on any atom is 0.165 e. The maximum atomic E-state index is 13.8. The first-order valence-corrected chi connectivity index (χ1v) is 7.72. The van der Waals surface area contributed by atoms with Crippen LogP contribution in [0.5, 0.6) is 5.75 Å². The van der Waals surface area contributed by atoms with Crippen LogP contribution >= 0.6 is 0 Å². The van der Waals surface area contributed by atoms with Crippen LogP contribution in [0.15, 0.2) is 18.2 Å². The topological polar surface area (TPSA) is 45.2 Å². The molecule has 1 aromatic carbocycles. The van der Waals surface area contributed by atoms with Crippen LogP contribution in [0.3, 0.4) is 0 Å². The Bertz CT molecular complexity index is 508. The number of rotatable bonds is 4. The molecule has 2 atom stereocenters. The SMILES string of the molecule is COc1ccc(CN2C[C@H](O)[C@@H](N3CCOCC3)C2)cc1F. The van der Waals surface area contributed by atoms with Crippen LogP contribution in [0, 0.1) is 5.82 Å². The Morgan fingerprint density at radius 3 is 2.77 bits per heavy atom. The number of benzene rings is 1. The zero-order chi connectivity index (χ0) is 15.5. The van der Waals surface area contributed by atoms with Crippen molar-refractivity contribution in [3.8, 4) is 5.75 Å². The molecule has 0 saturated carbocycles. The Balaban J connectivity index is 1.60. The van der Waals surface area contributed by atoms with Crippen molar-refractivity contribution in [2.75, 3.05) is 46.5 Å². The highest BCUT2D eigenvalue weighted by atomic mass is 19.1. The molecule has 5 nitrogen and oxygen atoms in total. The molecule has 2 aliphatic heterocycles. The number of aliphatic hydroxyl groups excluding tert-OH is 1. The highest BCUT2D eigenvalue weighted by molar-refractivity contribution is 5.29. The highest BCUT2D eigenvalue weighted by Gasteiger charge is 2.35. The van der Waals surface area contributed by atoms with Crippen molar-refractivity contribution in [2.45, 2.75) is 18.7 Å². The minimum absolute atomic E-state index is 0.145. The number of aliphatic hydroxyl groups is 1. The van der Waals surface area contributed by atoms with Crippen molar-refractivity contribution >= 4 is 0 Å². The van der Waals surface area contributed by atoms with E-state index in [9.17, 15) is 9.50 Å².